The molecule has 2 aliphatic heterocycles. The molecule has 2 heterocycles. The Morgan fingerprint density at radius 1 is 1.43 bits per heavy atom. The lowest BCUT2D eigenvalue weighted by molar-refractivity contribution is 1.39. The predicted molar refractivity (Wildman–Crippen MR) is 26.0 cm³/mol. The van der Waals surface area contributed by atoms with E-state index >= 15 is 0 Å². The molecule has 0 unspecified atom stereocenters. The summed E-state index contributed by atoms with van der Waals surface area (Å²) in [6.07, 6.45) is 0. The van der Waals surface area contributed by atoms with E-state index in [4.69, 9.17) is 11.6 Å². The van der Waals surface area contributed by atoms with Crippen molar-refractivity contribution in [3.8, 4) is 11.5 Å². The van der Waals surface area contributed by atoms with Crippen LogP contribution in [0.4, 0.5) is 0 Å². The van der Waals surface area contributed by atoms with Gasteiger partial charge in [-0.05, 0) is 0 Å². The minimum atomic E-state index is 0.556. The Kier molecular flexibility index (Phi) is 0.383. The van der Waals surface area contributed by atoms with E-state index in [9.17, 15) is 0 Å². The number of nitrogens with zero attached hydrogens (tertiary/aromatic N) is 2. The molecule has 7 heavy (non-hydrogen) atoms. The highest BCUT2D eigenvalue weighted by molar-refractivity contribution is 6.30. The van der Waals surface area contributed by atoms with E-state index in [0.717, 1.165) is 11.5 Å². The van der Waals surface area contributed by atoms with Crippen molar-refractivity contribution < 1.29 is 0 Å². The van der Waals surface area contributed by atoms with Crippen molar-refractivity contribution in [2.24, 2.45) is 0 Å². The second-order valence-corrected chi connectivity index (χ2v) is 1.79. The molecule has 0 fully saturated rings. The lowest BCUT2D eigenvalue weighted by Crippen LogP contribution is -1.55. The molecule has 2 nitrogen and oxygen atoms in total. The first kappa shape index (κ1) is 3.38. The summed E-state index contributed by atoms with van der Waals surface area (Å²) in [7, 11) is 0. The van der Waals surface area contributed by atoms with E-state index in [1.165, 1.54) is 0 Å². The van der Waals surface area contributed by atoms with Crippen molar-refractivity contribution in [2.75, 3.05) is 0 Å². The Morgan fingerprint density at radius 2 is 2.29 bits per heavy atom. The summed E-state index contributed by atoms with van der Waals surface area (Å²) in [5.74, 6) is 0.810. The Morgan fingerprint density at radius 3 is 2.57 bits per heavy atom. The third kappa shape index (κ3) is 0.341. The largest absolute Gasteiger partial charge is 0.223 e. The summed E-state index contributed by atoms with van der Waals surface area (Å²) >= 11 is 5.43. The van der Waals surface area contributed by atoms with Gasteiger partial charge in [0, 0.05) is 6.07 Å². The topological polar surface area (TPSA) is 25.8 Å². The number of hydrogen-bond donors (Lipinski definition) is 0. The van der Waals surface area contributed by atoms with Gasteiger partial charge < -0.3 is 0 Å². The molecule has 0 saturated carbocycles. The molecular weight excluding hydrogens is 112 g/mol. The smallest absolute Gasteiger partial charge is 0.180 e. The van der Waals surface area contributed by atoms with Gasteiger partial charge in [-0.3, -0.25) is 0 Å². The first-order chi connectivity index (χ1) is 3.36. The summed E-state index contributed by atoms with van der Waals surface area (Å²) in [5.41, 5.74) is 0.949. The Hall–Kier alpha value is -0.630. The van der Waals surface area contributed by atoms with Crippen LogP contribution in [0.25, 0.3) is 11.5 Å². The van der Waals surface area contributed by atoms with Crippen molar-refractivity contribution in [3.05, 3.63) is 11.2 Å². The quantitative estimate of drug-likeness (QED) is 0.477. The zero-order chi connectivity index (χ0) is 4.85. The first-order valence-corrected chi connectivity index (χ1v) is 2.29. The highest BCUT2D eigenvalue weighted by Crippen LogP contribution is 2.27. The zero-order valence-corrected chi connectivity index (χ0v) is 4.11. The summed E-state index contributed by atoms with van der Waals surface area (Å²) in [5, 5.41) is 0.556. The molecule has 0 aromatic rings. The van der Waals surface area contributed by atoms with Crippen LogP contribution in [0, 0.1) is 0 Å². The normalized spacial score (nSPS) is 11.6. The molecule has 2 aliphatic rings. The van der Waals surface area contributed by atoms with Crippen LogP contribution >= 0.6 is 11.6 Å². The maximum Gasteiger partial charge on any atom is 0.180 e. The van der Waals surface area contributed by atoms with Crippen LogP contribution in [0.2, 0.25) is 5.15 Å². The SMILES string of the molecule is Clc1cc2nc-2n1. The molecule has 0 aromatic heterocycles. The summed E-state index contributed by atoms with van der Waals surface area (Å²) in [6.45, 7) is 0. The van der Waals surface area contributed by atoms with Crippen LogP contribution < -0.4 is 0 Å². The fraction of sp³-hybridized carbons (Fsp3) is 0. The van der Waals surface area contributed by atoms with Crippen LogP contribution in [0.1, 0.15) is 0 Å². The van der Waals surface area contributed by atoms with Gasteiger partial charge in [-0.1, -0.05) is 11.6 Å². The average molecular weight is 113 g/mol. The van der Waals surface area contributed by atoms with Gasteiger partial charge in [-0.15, -0.1) is 0 Å². The lowest BCUT2D eigenvalue weighted by atomic mass is 10.6. The van der Waals surface area contributed by atoms with Crippen molar-refractivity contribution >= 4 is 11.6 Å². The molecule has 34 valence electrons. The van der Waals surface area contributed by atoms with Gasteiger partial charge in [0.15, 0.2) is 5.82 Å². The maximum atomic E-state index is 5.43. The van der Waals surface area contributed by atoms with Gasteiger partial charge in [0.2, 0.25) is 0 Å². The molecule has 0 radical (unpaired) electrons. The van der Waals surface area contributed by atoms with Crippen LogP contribution in [0.5, 0.6) is 0 Å². The van der Waals surface area contributed by atoms with E-state index in [-0.39, 0.29) is 0 Å². The highest BCUT2D eigenvalue weighted by Gasteiger charge is 2.17. The lowest BCUT2D eigenvalue weighted by Gasteiger charge is -1.64. The molecule has 3 heteroatoms. The highest BCUT2D eigenvalue weighted by atomic mass is 35.5. The third-order valence-corrected chi connectivity index (χ3v) is 1.07. The second-order valence-electron chi connectivity index (χ2n) is 1.40. The summed E-state index contributed by atoms with van der Waals surface area (Å²) in [4.78, 5) is 7.62. The van der Waals surface area contributed by atoms with Crippen LogP contribution in [-0.4, -0.2) is 9.97 Å². The zero-order valence-electron chi connectivity index (χ0n) is 3.35. The molecule has 0 saturated heterocycles. The number of aromatic nitrogens is 2. The fourth-order valence-corrected chi connectivity index (χ4v) is 0.695. The first-order valence-electron chi connectivity index (χ1n) is 1.91. The van der Waals surface area contributed by atoms with Gasteiger partial charge >= 0.3 is 0 Å². The molecule has 0 atom stereocenters. The monoisotopic (exact) mass is 112 g/mol. The van der Waals surface area contributed by atoms with Gasteiger partial charge in [0.1, 0.15) is 10.8 Å². The number of halogens is 1. The third-order valence-electron chi connectivity index (χ3n) is 0.874. The Labute approximate surface area is 45.2 Å². The Balaban J connectivity index is 2.74. The molecule has 0 N–H and O–H groups in total. The van der Waals surface area contributed by atoms with Gasteiger partial charge in [0.05, 0.1) is 0 Å². The van der Waals surface area contributed by atoms with E-state index < -0.39 is 0 Å². The van der Waals surface area contributed by atoms with Crippen molar-refractivity contribution in [1.29, 1.82) is 0 Å². The minimum absolute atomic E-state index is 0.556. The van der Waals surface area contributed by atoms with Gasteiger partial charge in [-0.2, -0.15) is 0 Å². The number of fused-ring (bicyclic) bond motifs is 1. The summed E-state index contributed by atoms with van der Waals surface area (Å²) < 4.78 is 0. The molecule has 0 bridgehead atoms. The summed E-state index contributed by atoms with van der Waals surface area (Å²) in [6, 6.07) is 1.75. The molecule has 0 spiro atoms. The molecule has 0 amide bonds. The van der Waals surface area contributed by atoms with Crippen molar-refractivity contribution in [1.82, 2.24) is 9.97 Å². The molecule has 2 rings (SSSR count). The average Bonchev–Trinajstić information content (AvgIpc) is 2.15. The number of hydrogen-bond acceptors (Lipinski definition) is 2. The van der Waals surface area contributed by atoms with E-state index in [0.29, 0.717) is 5.15 Å². The number of rotatable bonds is 0. The molecule has 0 aliphatic carbocycles. The van der Waals surface area contributed by atoms with Gasteiger partial charge in [0.25, 0.3) is 0 Å². The molecule has 0 aromatic carbocycles. The van der Waals surface area contributed by atoms with E-state index in [2.05, 4.69) is 9.97 Å². The van der Waals surface area contributed by atoms with E-state index in [1.54, 1.807) is 6.07 Å². The van der Waals surface area contributed by atoms with Crippen LogP contribution in [0.3, 0.4) is 0 Å². The second kappa shape index (κ2) is 0.793. The van der Waals surface area contributed by atoms with Crippen LogP contribution in [-0.2, 0) is 0 Å². The standard InChI is InChI=1S/C4HClN2/c5-3-1-2-4(6-2)7-3/h1H. The van der Waals surface area contributed by atoms with Crippen molar-refractivity contribution in [2.45, 2.75) is 0 Å². The minimum Gasteiger partial charge on any atom is -0.223 e. The predicted octanol–water partition coefficient (Wildman–Crippen LogP) is 1.11. The molecular formula is C4HClN2. The van der Waals surface area contributed by atoms with E-state index in [1.807, 2.05) is 0 Å². The Bertz CT molecular complexity index is 201. The fourth-order valence-electron chi connectivity index (χ4n) is 0.512. The van der Waals surface area contributed by atoms with Gasteiger partial charge in [-0.25, -0.2) is 9.97 Å². The maximum absolute atomic E-state index is 5.43. The van der Waals surface area contributed by atoms with Crippen molar-refractivity contribution in [3.63, 3.8) is 0 Å². The van der Waals surface area contributed by atoms with Crippen LogP contribution in [0.15, 0.2) is 6.07 Å².